The Morgan fingerprint density at radius 3 is 1.11 bits per heavy atom. The molecule has 0 aliphatic carbocycles. The van der Waals surface area contributed by atoms with Crippen LogP contribution in [0.15, 0.2) is 12.2 Å². The van der Waals surface area contributed by atoms with Gasteiger partial charge in [-0.3, -0.25) is 0 Å². The zero-order valence-corrected chi connectivity index (χ0v) is 16.0. The van der Waals surface area contributed by atoms with E-state index < -0.39 is 0 Å². The van der Waals surface area contributed by atoms with Crippen LogP contribution in [-0.4, -0.2) is 4.75 Å². The maximum atomic E-state index is 4.77. The maximum absolute atomic E-state index is 4.77. The van der Waals surface area contributed by atoms with Crippen LogP contribution in [0.4, 0.5) is 0 Å². The summed E-state index contributed by atoms with van der Waals surface area (Å²) in [6, 6.07) is 0. The molecule has 18 heavy (non-hydrogen) atoms. The number of hydrogen-bond donors (Lipinski definition) is 1. The van der Waals surface area contributed by atoms with E-state index in [0.717, 1.165) is 0 Å². The van der Waals surface area contributed by atoms with Crippen molar-refractivity contribution in [1.29, 1.82) is 0 Å². The Morgan fingerprint density at radius 2 is 1.00 bits per heavy atom. The van der Waals surface area contributed by atoms with Crippen LogP contribution in [0, 0.1) is 10.8 Å². The highest BCUT2D eigenvalue weighted by atomic mass is 32.1. The van der Waals surface area contributed by atoms with Crippen molar-refractivity contribution in [3.05, 3.63) is 12.2 Å². The maximum Gasteiger partial charge on any atom is 0.0111 e. The first kappa shape index (κ1) is 23.5. The molecule has 0 rings (SSSR count). The summed E-state index contributed by atoms with van der Waals surface area (Å²) in [6.45, 7) is 23.4. The molecule has 0 saturated heterocycles. The molecule has 0 saturated carbocycles. The molecule has 0 unspecified atom stereocenters. The van der Waals surface area contributed by atoms with Crippen LogP contribution >= 0.6 is 26.1 Å². The van der Waals surface area contributed by atoms with Crippen molar-refractivity contribution in [2.75, 3.05) is 0 Å². The van der Waals surface area contributed by atoms with E-state index in [4.69, 9.17) is 12.6 Å². The van der Waals surface area contributed by atoms with Gasteiger partial charge in [-0.15, -0.1) is 6.58 Å². The molecule has 0 radical (unpaired) electrons. The van der Waals surface area contributed by atoms with E-state index in [2.05, 4.69) is 55.0 Å². The summed E-state index contributed by atoms with van der Waals surface area (Å²) in [5.74, 6) is 0. The van der Waals surface area contributed by atoms with E-state index in [1.54, 1.807) is 0 Å². The quantitative estimate of drug-likeness (QED) is 0.452. The van der Waals surface area contributed by atoms with Crippen LogP contribution in [-0.2, 0) is 0 Å². The monoisotopic (exact) mass is 292 g/mol. The fourth-order valence-corrected chi connectivity index (χ4v) is 3.30. The Bertz CT molecular complexity index is 204. The fourth-order valence-electron chi connectivity index (χ4n) is 2.35. The Morgan fingerprint density at radius 1 is 0.833 bits per heavy atom. The largest absolute Gasteiger partial charge is 0.197 e. The van der Waals surface area contributed by atoms with Crippen LogP contribution in [0.1, 0.15) is 75.2 Å². The molecule has 0 spiro atoms. The summed E-state index contributed by atoms with van der Waals surface area (Å²) in [5, 5.41) is 0. The third-order valence-electron chi connectivity index (χ3n) is 1.82. The van der Waals surface area contributed by atoms with Gasteiger partial charge >= 0.3 is 0 Å². The fraction of sp³-hybridized carbons (Fsp3) is 0.875. The Kier molecular flexibility index (Phi) is 11.2. The van der Waals surface area contributed by atoms with Gasteiger partial charge in [0.1, 0.15) is 0 Å². The topological polar surface area (TPSA) is 0 Å². The summed E-state index contributed by atoms with van der Waals surface area (Å²) in [7, 11) is 0. The molecule has 0 atom stereocenters. The summed E-state index contributed by atoms with van der Waals surface area (Å²) in [6.07, 6.45) is 2.33. The van der Waals surface area contributed by atoms with E-state index in [-0.39, 0.29) is 18.2 Å². The molecule has 0 heterocycles. The molecule has 0 fully saturated rings. The number of thiol groups is 1. The average molecular weight is 293 g/mol. The molecule has 0 bridgehead atoms. The predicted octanol–water partition coefficient (Wildman–Crippen LogP) is 6.24. The van der Waals surface area contributed by atoms with Crippen molar-refractivity contribution in [3.63, 3.8) is 0 Å². The second-order valence-corrected chi connectivity index (χ2v) is 9.26. The molecule has 2 heteroatoms. The third kappa shape index (κ3) is 25.3. The lowest BCUT2D eigenvalue weighted by molar-refractivity contribution is 0.259. The van der Waals surface area contributed by atoms with Crippen LogP contribution in [0.2, 0.25) is 0 Å². The number of hydrogen-bond acceptors (Lipinski definition) is 1. The lowest BCUT2D eigenvalue weighted by atomic mass is 9.77. The predicted molar refractivity (Wildman–Crippen MR) is 96.4 cm³/mol. The Hall–Kier alpha value is 0.440. The van der Waals surface area contributed by atoms with Crippen LogP contribution < -0.4 is 0 Å². The Balaban J connectivity index is -0.000000392. The van der Waals surface area contributed by atoms with Crippen LogP contribution in [0.25, 0.3) is 0 Å². The molecule has 0 aliphatic heterocycles. The first-order valence-electron chi connectivity index (χ1n) is 6.49. The van der Waals surface area contributed by atoms with E-state index in [1.165, 1.54) is 18.4 Å². The first-order chi connectivity index (χ1) is 7.15. The van der Waals surface area contributed by atoms with Gasteiger partial charge in [0.15, 0.2) is 0 Å². The normalized spacial score (nSPS) is 12.1. The molecule has 0 aromatic carbocycles. The molecule has 0 N–H and O–H groups in total. The zero-order valence-electron chi connectivity index (χ0n) is 14.1. The van der Waals surface area contributed by atoms with Gasteiger partial charge in [0, 0.05) is 4.75 Å². The number of allylic oxidation sites excluding steroid dienone is 1. The lowest BCUT2D eigenvalue weighted by Gasteiger charge is -2.36. The standard InChI is InChI=1S/C12H26S.C4H8.H2S/c1-10(2,3)8-12(7,13)9-11(4,5)6;1-4(2)3;/h13H,8-9H2,1-7H3;1H2,2-3H3;1H2. The molecular weight excluding hydrogens is 256 g/mol. The molecule has 0 nitrogen and oxygen atoms in total. The average Bonchev–Trinajstić information content (AvgIpc) is 1.68. The highest BCUT2D eigenvalue weighted by Crippen LogP contribution is 2.39. The van der Waals surface area contributed by atoms with E-state index in [0.29, 0.717) is 10.8 Å². The smallest absolute Gasteiger partial charge is 0.0111 e. The highest BCUT2D eigenvalue weighted by molar-refractivity contribution is 7.81. The second kappa shape index (κ2) is 8.58. The van der Waals surface area contributed by atoms with Gasteiger partial charge in [-0.05, 0) is 37.5 Å². The highest BCUT2D eigenvalue weighted by Gasteiger charge is 2.30. The number of rotatable bonds is 2. The minimum Gasteiger partial charge on any atom is -0.197 e. The Labute approximate surface area is 129 Å². The first-order valence-corrected chi connectivity index (χ1v) is 6.94. The van der Waals surface area contributed by atoms with Crippen molar-refractivity contribution in [1.82, 2.24) is 0 Å². The summed E-state index contributed by atoms with van der Waals surface area (Å²) < 4.78 is 0.163. The van der Waals surface area contributed by atoms with Crippen molar-refractivity contribution in [2.45, 2.75) is 79.9 Å². The molecule has 112 valence electrons. The van der Waals surface area contributed by atoms with Crippen molar-refractivity contribution in [2.24, 2.45) is 10.8 Å². The second-order valence-electron chi connectivity index (χ2n) is 8.18. The lowest BCUT2D eigenvalue weighted by Crippen LogP contribution is -2.29. The molecule has 0 aromatic rings. The third-order valence-corrected chi connectivity index (χ3v) is 2.14. The minimum absolute atomic E-state index is 0. The van der Waals surface area contributed by atoms with Crippen LogP contribution in [0.3, 0.4) is 0 Å². The van der Waals surface area contributed by atoms with Gasteiger partial charge in [0.2, 0.25) is 0 Å². The van der Waals surface area contributed by atoms with E-state index in [9.17, 15) is 0 Å². The van der Waals surface area contributed by atoms with Gasteiger partial charge in [-0.25, -0.2) is 0 Å². The molecular formula is C16H36S2. The van der Waals surface area contributed by atoms with E-state index in [1.807, 2.05) is 13.8 Å². The molecule has 0 aromatic heterocycles. The molecule has 0 aliphatic rings. The van der Waals surface area contributed by atoms with Crippen molar-refractivity contribution in [3.8, 4) is 0 Å². The zero-order chi connectivity index (χ0) is 14.5. The van der Waals surface area contributed by atoms with E-state index >= 15 is 0 Å². The van der Waals surface area contributed by atoms with Crippen LogP contribution in [0.5, 0.6) is 0 Å². The van der Waals surface area contributed by atoms with Gasteiger partial charge in [-0.2, -0.15) is 26.1 Å². The van der Waals surface area contributed by atoms with Crippen molar-refractivity contribution >= 4 is 26.1 Å². The van der Waals surface area contributed by atoms with Gasteiger partial charge in [0.05, 0.1) is 0 Å². The minimum atomic E-state index is 0. The van der Waals surface area contributed by atoms with Crippen molar-refractivity contribution < 1.29 is 0 Å². The summed E-state index contributed by atoms with van der Waals surface area (Å²) >= 11 is 4.77. The van der Waals surface area contributed by atoms with Gasteiger partial charge in [0.25, 0.3) is 0 Å². The van der Waals surface area contributed by atoms with Gasteiger partial charge in [-0.1, -0.05) is 54.0 Å². The SMILES string of the molecule is C=C(C)C.CC(C)(C)CC(C)(S)CC(C)(C)C.S. The summed E-state index contributed by atoms with van der Waals surface area (Å²) in [5.41, 5.74) is 1.92. The summed E-state index contributed by atoms with van der Waals surface area (Å²) in [4.78, 5) is 0. The molecule has 0 amide bonds. The van der Waals surface area contributed by atoms with Gasteiger partial charge < -0.3 is 0 Å².